The van der Waals surface area contributed by atoms with E-state index in [9.17, 15) is 13.2 Å². The lowest BCUT2D eigenvalue weighted by Crippen LogP contribution is -2.41. The molecule has 1 amide bonds. The number of piperidine rings is 1. The first-order valence-corrected chi connectivity index (χ1v) is 11.2. The summed E-state index contributed by atoms with van der Waals surface area (Å²) >= 11 is 1.38. The minimum Gasteiger partial charge on any atom is -0.300 e. The number of hydrogen-bond donors (Lipinski definition) is 1. The topological polar surface area (TPSA) is 92.3 Å². The third kappa shape index (κ3) is 4.53. The number of benzene rings is 1. The van der Waals surface area contributed by atoms with Crippen LogP contribution in [0.4, 0.5) is 5.13 Å². The largest absolute Gasteiger partial charge is 0.300 e. The molecule has 0 spiro atoms. The molecule has 2 aromatic rings. The van der Waals surface area contributed by atoms with Gasteiger partial charge in [0.25, 0.3) is 0 Å². The van der Waals surface area contributed by atoms with Crippen LogP contribution in [0.3, 0.4) is 0 Å². The molecule has 1 aromatic carbocycles. The summed E-state index contributed by atoms with van der Waals surface area (Å²) in [5.74, 6) is -0.0712. The van der Waals surface area contributed by atoms with E-state index in [1.807, 2.05) is 20.8 Å². The van der Waals surface area contributed by atoms with E-state index in [1.54, 1.807) is 24.3 Å². The summed E-state index contributed by atoms with van der Waals surface area (Å²) in [6, 6.07) is 6.84. The van der Waals surface area contributed by atoms with Gasteiger partial charge in [-0.25, -0.2) is 8.42 Å². The molecule has 146 valence electrons. The Balaban J connectivity index is 1.59. The number of hydrogen-bond acceptors (Lipinski definition) is 6. The highest BCUT2D eigenvalue weighted by Crippen LogP contribution is 2.27. The molecular weight excluding hydrogens is 384 g/mol. The van der Waals surface area contributed by atoms with Crippen molar-refractivity contribution in [3.8, 4) is 0 Å². The molecule has 27 heavy (non-hydrogen) atoms. The van der Waals surface area contributed by atoms with Gasteiger partial charge in [-0.1, -0.05) is 42.9 Å². The zero-order chi connectivity index (χ0) is 19.6. The second kappa shape index (κ2) is 8.04. The number of aryl methyl sites for hydroxylation is 1. The number of nitrogens with one attached hydrogen (secondary N) is 1. The first-order valence-electron chi connectivity index (χ1n) is 8.98. The van der Waals surface area contributed by atoms with Crippen LogP contribution in [0.25, 0.3) is 0 Å². The van der Waals surface area contributed by atoms with E-state index < -0.39 is 10.0 Å². The molecule has 3 rings (SSSR count). The van der Waals surface area contributed by atoms with Gasteiger partial charge in [-0.15, -0.1) is 10.2 Å². The fourth-order valence-corrected chi connectivity index (χ4v) is 5.16. The summed E-state index contributed by atoms with van der Waals surface area (Å²) in [5.41, 5.74) is 1.02. The molecule has 9 heteroatoms. The van der Waals surface area contributed by atoms with Crippen LogP contribution >= 0.6 is 11.3 Å². The van der Waals surface area contributed by atoms with Crippen molar-refractivity contribution >= 4 is 32.4 Å². The van der Waals surface area contributed by atoms with Gasteiger partial charge in [0.05, 0.1) is 4.90 Å². The van der Waals surface area contributed by atoms with Crippen molar-refractivity contribution in [2.45, 2.75) is 44.4 Å². The third-order valence-electron chi connectivity index (χ3n) is 4.65. The van der Waals surface area contributed by atoms with Gasteiger partial charge < -0.3 is 5.32 Å². The SMILES string of the molecule is Cc1ccc(S(=O)(=O)N2CCC(C(=O)Nc3nnc(C(C)C)s3)CC2)cc1. The molecule has 0 unspecified atom stereocenters. The summed E-state index contributed by atoms with van der Waals surface area (Å²) < 4.78 is 26.9. The van der Waals surface area contributed by atoms with E-state index in [4.69, 9.17) is 0 Å². The van der Waals surface area contributed by atoms with E-state index >= 15 is 0 Å². The summed E-state index contributed by atoms with van der Waals surface area (Å²) in [5, 5.41) is 12.3. The summed E-state index contributed by atoms with van der Waals surface area (Å²) in [7, 11) is -3.51. The molecule has 1 N–H and O–H groups in total. The van der Waals surface area contributed by atoms with Crippen molar-refractivity contribution in [3.63, 3.8) is 0 Å². The van der Waals surface area contributed by atoms with Crippen molar-refractivity contribution in [3.05, 3.63) is 34.8 Å². The number of nitrogens with zero attached hydrogens (tertiary/aromatic N) is 3. The van der Waals surface area contributed by atoms with Crippen molar-refractivity contribution in [1.29, 1.82) is 0 Å². The standard InChI is InChI=1S/C18H24N4O3S2/c1-12(2)17-20-21-18(26-17)19-16(23)14-8-10-22(11-9-14)27(24,25)15-6-4-13(3)5-7-15/h4-7,12,14H,8-11H2,1-3H3,(H,19,21,23). The number of rotatable bonds is 5. The zero-order valence-electron chi connectivity index (χ0n) is 15.7. The molecule has 1 saturated heterocycles. The fourth-order valence-electron chi connectivity index (χ4n) is 2.94. The zero-order valence-corrected chi connectivity index (χ0v) is 17.3. The molecule has 7 nitrogen and oxygen atoms in total. The number of anilines is 1. The second-order valence-electron chi connectivity index (χ2n) is 7.08. The van der Waals surface area contributed by atoms with E-state index in [0.29, 0.717) is 36.0 Å². The fraction of sp³-hybridized carbons (Fsp3) is 0.500. The van der Waals surface area contributed by atoms with Gasteiger partial charge in [0, 0.05) is 24.9 Å². The molecule has 1 aromatic heterocycles. The maximum Gasteiger partial charge on any atom is 0.243 e. The van der Waals surface area contributed by atoms with E-state index in [1.165, 1.54) is 15.6 Å². The monoisotopic (exact) mass is 408 g/mol. The molecule has 1 fully saturated rings. The first kappa shape index (κ1) is 19.9. The third-order valence-corrected chi connectivity index (χ3v) is 7.70. The molecule has 0 radical (unpaired) electrons. The number of carbonyl (C=O) groups excluding carboxylic acids is 1. The highest BCUT2D eigenvalue weighted by atomic mass is 32.2. The van der Waals surface area contributed by atoms with Crippen molar-refractivity contribution in [2.24, 2.45) is 5.92 Å². The molecule has 0 aliphatic carbocycles. The van der Waals surface area contributed by atoms with Gasteiger partial charge >= 0.3 is 0 Å². The average Bonchev–Trinajstić information content (AvgIpc) is 3.11. The van der Waals surface area contributed by atoms with Crippen molar-refractivity contribution in [2.75, 3.05) is 18.4 Å². The highest BCUT2D eigenvalue weighted by molar-refractivity contribution is 7.89. The number of carbonyl (C=O) groups is 1. The Bertz CT molecular complexity index is 899. The summed E-state index contributed by atoms with van der Waals surface area (Å²) in [6.07, 6.45) is 0.986. The van der Waals surface area contributed by atoms with Gasteiger partial charge in [0.15, 0.2) is 0 Å². The van der Waals surface area contributed by atoms with Crippen molar-refractivity contribution < 1.29 is 13.2 Å². The van der Waals surface area contributed by atoms with Crippen LogP contribution < -0.4 is 5.32 Å². The Hall–Kier alpha value is -1.84. The minimum absolute atomic E-state index is 0.117. The molecule has 0 bridgehead atoms. The maximum atomic E-state index is 12.7. The lowest BCUT2D eigenvalue weighted by atomic mass is 9.97. The van der Waals surface area contributed by atoms with Gasteiger partial charge in [0.2, 0.25) is 21.1 Å². The number of aromatic nitrogens is 2. The van der Waals surface area contributed by atoms with Crippen molar-refractivity contribution in [1.82, 2.24) is 14.5 Å². The van der Waals surface area contributed by atoms with E-state index in [-0.39, 0.29) is 17.7 Å². The first-order chi connectivity index (χ1) is 12.8. The lowest BCUT2D eigenvalue weighted by Gasteiger charge is -2.30. The summed E-state index contributed by atoms with van der Waals surface area (Å²) in [4.78, 5) is 12.8. The highest BCUT2D eigenvalue weighted by Gasteiger charge is 2.32. The Morgan fingerprint density at radius 3 is 2.37 bits per heavy atom. The van der Waals surface area contributed by atoms with E-state index in [2.05, 4.69) is 15.5 Å². The number of amides is 1. The van der Waals surface area contributed by atoms with E-state index in [0.717, 1.165) is 10.6 Å². The average molecular weight is 409 g/mol. The van der Waals surface area contributed by atoms with Crippen LogP contribution in [0.5, 0.6) is 0 Å². The summed E-state index contributed by atoms with van der Waals surface area (Å²) in [6.45, 7) is 6.64. The number of sulfonamides is 1. The Morgan fingerprint density at radius 1 is 1.19 bits per heavy atom. The smallest absolute Gasteiger partial charge is 0.243 e. The molecule has 2 heterocycles. The predicted molar refractivity (Wildman–Crippen MR) is 105 cm³/mol. The Morgan fingerprint density at radius 2 is 1.81 bits per heavy atom. The molecule has 1 aliphatic heterocycles. The predicted octanol–water partition coefficient (Wildman–Crippen LogP) is 3.01. The molecule has 0 saturated carbocycles. The Labute approximate surface area is 163 Å². The molecule has 1 aliphatic rings. The maximum absolute atomic E-state index is 12.7. The second-order valence-corrected chi connectivity index (χ2v) is 10.0. The van der Waals surface area contributed by atoms with Crippen LogP contribution in [-0.2, 0) is 14.8 Å². The quantitative estimate of drug-likeness (QED) is 0.821. The van der Waals surface area contributed by atoms with Gasteiger partial charge in [-0.2, -0.15) is 4.31 Å². The van der Waals surface area contributed by atoms with Gasteiger partial charge in [-0.05, 0) is 31.9 Å². The lowest BCUT2D eigenvalue weighted by molar-refractivity contribution is -0.120. The van der Waals surface area contributed by atoms with Crippen LogP contribution in [0.15, 0.2) is 29.2 Å². The van der Waals surface area contributed by atoms with Gasteiger partial charge in [-0.3, -0.25) is 4.79 Å². The molecule has 0 atom stereocenters. The molecular formula is C18H24N4O3S2. The van der Waals surface area contributed by atoms with Gasteiger partial charge in [0.1, 0.15) is 5.01 Å². The Kier molecular flexibility index (Phi) is 5.92. The minimum atomic E-state index is -3.51. The van der Waals surface area contributed by atoms with Crippen LogP contribution in [0, 0.1) is 12.8 Å². The van der Waals surface area contributed by atoms with Crippen LogP contribution in [0.2, 0.25) is 0 Å². The van der Waals surface area contributed by atoms with Crippen LogP contribution in [-0.4, -0.2) is 41.9 Å². The van der Waals surface area contributed by atoms with Crippen LogP contribution in [0.1, 0.15) is 43.2 Å². The normalized spacial score (nSPS) is 16.6.